The van der Waals surface area contributed by atoms with E-state index in [0.29, 0.717) is 12.6 Å². The predicted octanol–water partition coefficient (Wildman–Crippen LogP) is 1.99. The summed E-state index contributed by atoms with van der Waals surface area (Å²) in [5.74, 6) is 0.932. The van der Waals surface area contributed by atoms with Crippen molar-refractivity contribution in [3.63, 3.8) is 0 Å². The molecule has 1 aliphatic carbocycles. The van der Waals surface area contributed by atoms with Crippen LogP contribution in [-0.4, -0.2) is 28.0 Å². The average Bonchev–Trinajstić information content (AvgIpc) is 3.37. The van der Waals surface area contributed by atoms with Gasteiger partial charge < -0.3 is 10.2 Å². The Morgan fingerprint density at radius 2 is 2.00 bits per heavy atom. The van der Waals surface area contributed by atoms with Gasteiger partial charge in [0.25, 0.3) is 0 Å². The quantitative estimate of drug-likeness (QED) is 0.942. The Labute approximate surface area is 135 Å². The molecule has 2 aliphatic rings. The summed E-state index contributed by atoms with van der Waals surface area (Å²) in [4.78, 5) is 23.4. The van der Waals surface area contributed by atoms with Crippen LogP contribution in [0.4, 0.5) is 5.82 Å². The van der Waals surface area contributed by atoms with Crippen molar-refractivity contribution in [2.45, 2.75) is 44.8 Å². The van der Waals surface area contributed by atoms with E-state index in [1.54, 1.807) is 6.33 Å². The summed E-state index contributed by atoms with van der Waals surface area (Å²) in [6.07, 6.45) is 4.49. The molecule has 0 spiro atoms. The molecule has 0 unspecified atom stereocenters. The molecule has 1 fully saturated rings. The van der Waals surface area contributed by atoms with Gasteiger partial charge >= 0.3 is 0 Å². The van der Waals surface area contributed by atoms with E-state index in [4.69, 9.17) is 0 Å². The van der Waals surface area contributed by atoms with E-state index in [2.05, 4.69) is 32.3 Å². The van der Waals surface area contributed by atoms with Crippen LogP contribution in [0, 0.1) is 6.92 Å². The zero-order chi connectivity index (χ0) is 15.8. The van der Waals surface area contributed by atoms with E-state index >= 15 is 0 Å². The van der Waals surface area contributed by atoms with E-state index in [1.165, 1.54) is 11.1 Å². The second-order valence-electron chi connectivity index (χ2n) is 6.42. The molecule has 1 atom stereocenters. The fraction of sp³-hybridized carbons (Fsp3) is 0.389. The van der Waals surface area contributed by atoms with E-state index < -0.39 is 0 Å². The topological polar surface area (TPSA) is 58.1 Å². The Balaban J connectivity index is 1.68. The lowest BCUT2D eigenvalue weighted by molar-refractivity contribution is -0.122. The molecular formula is C18H20N4O. The van der Waals surface area contributed by atoms with Crippen LogP contribution in [0.3, 0.4) is 0 Å². The van der Waals surface area contributed by atoms with Crippen LogP contribution in [0.2, 0.25) is 0 Å². The van der Waals surface area contributed by atoms with Crippen molar-refractivity contribution >= 4 is 11.7 Å². The SMILES string of the molecule is Cc1cc(N2Cc3ccccc3C[C@H]2C(=O)NC2CC2)ncn1. The van der Waals surface area contributed by atoms with Gasteiger partial charge in [-0.1, -0.05) is 24.3 Å². The van der Waals surface area contributed by atoms with Crippen LogP contribution in [0.1, 0.15) is 29.7 Å². The van der Waals surface area contributed by atoms with Crippen molar-refractivity contribution in [3.8, 4) is 0 Å². The first kappa shape index (κ1) is 14.2. The molecule has 1 aromatic carbocycles. The number of nitrogens with one attached hydrogen (secondary N) is 1. The molecule has 0 bridgehead atoms. The molecule has 1 N–H and O–H groups in total. The van der Waals surface area contributed by atoms with Gasteiger partial charge in [-0.3, -0.25) is 4.79 Å². The summed E-state index contributed by atoms with van der Waals surface area (Å²) in [5, 5.41) is 3.14. The maximum atomic E-state index is 12.7. The van der Waals surface area contributed by atoms with Crippen molar-refractivity contribution < 1.29 is 4.79 Å². The lowest BCUT2D eigenvalue weighted by Crippen LogP contribution is -2.51. The van der Waals surface area contributed by atoms with Crippen molar-refractivity contribution in [3.05, 3.63) is 53.5 Å². The molecule has 4 rings (SSSR count). The first-order valence-electron chi connectivity index (χ1n) is 8.13. The number of aryl methyl sites for hydroxylation is 1. The molecule has 1 aliphatic heterocycles. The molecule has 23 heavy (non-hydrogen) atoms. The lowest BCUT2D eigenvalue weighted by Gasteiger charge is -2.36. The highest BCUT2D eigenvalue weighted by molar-refractivity contribution is 5.86. The highest BCUT2D eigenvalue weighted by Gasteiger charge is 2.35. The maximum Gasteiger partial charge on any atom is 0.243 e. The van der Waals surface area contributed by atoms with Crippen LogP contribution >= 0.6 is 0 Å². The van der Waals surface area contributed by atoms with Crippen LogP contribution < -0.4 is 10.2 Å². The first-order valence-corrected chi connectivity index (χ1v) is 8.13. The van der Waals surface area contributed by atoms with E-state index in [1.807, 2.05) is 25.1 Å². The fourth-order valence-corrected chi connectivity index (χ4v) is 3.12. The molecule has 5 heteroatoms. The van der Waals surface area contributed by atoms with E-state index in [-0.39, 0.29) is 11.9 Å². The van der Waals surface area contributed by atoms with Gasteiger partial charge in [-0.25, -0.2) is 9.97 Å². The summed E-state index contributed by atoms with van der Waals surface area (Å²) in [7, 11) is 0. The van der Waals surface area contributed by atoms with Gasteiger partial charge in [0.2, 0.25) is 5.91 Å². The second kappa shape index (κ2) is 5.65. The van der Waals surface area contributed by atoms with Crippen molar-refractivity contribution in [2.75, 3.05) is 4.90 Å². The molecule has 1 amide bonds. The van der Waals surface area contributed by atoms with Crippen LogP contribution in [0.5, 0.6) is 0 Å². The number of hydrogen-bond donors (Lipinski definition) is 1. The molecule has 2 heterocycles. The van der Waals surface area contributed by atoms with Gasteiger partial charge in [-0.05, 0) is 30.9 Å². The number of fused-ring (bicyclic) bond motifs is 1. The molecule has 1 saturated carbocycles. The number of rotatable bonds is 3. The summed E-state index contributed by atoms with van der Waals surface area (Å²) in [5.41, 5.74) is 3.43. The lowest BCUT2D eigenvalue weighted by atomic mass is 9.93. The van der Waals surface area contributed by atoms with Crippen molar-refractivity contribution in [1.29, 1.82) is 0 Å². The minimum absolute atomic E-state index is 0.110. The van der Waals surface area contributed by atoms with Crippen LogP contribution in [0.15, 0.2) is 36.7 Å². The number of benzene rings is 1. The fourth-order valence-electron chi connectivity index (χ4n) is 3.12. The summed E-state index contributed by atoms with van der Waals surface area (Å²) >= 11 is 0. The standard InChI is InChI=1S/C18H20N4O/c1-12-8-17(20-11-19-12)22-10-14-5-3-2-4-13(14)9-16(22)18(23)21-15-6-7-15/h2-5,8,11,15-16H,6-7,9-10H2,1H3,(H,21,23)/t16-/m0/s1. The molecule has 1 aromatic heterocycles. The van der Waals surface area contributed by atoms with Crippen molar-refractivity contribution in [1.82, 2.24) is 15.3 Å². The Morgan fingerprint density at radius 3 is 2.74 bits per heavy atom. The van der Waals surface area contributed by atoms with Gasteiger partial charge in [0, 0.05) is 30.8 Å². The number of amides is 1. The second-order valence-corrected chi connectivity index (χ2v) is 6.42. The molecule has 0 saturated heterocycles. The number of carbonyl (C=O) groups is 1. The zero-order valence-electron chi connectivity index (χ0n) is 13.2. The summed E-state index contributed by atoms with van der Waals surface area (Å²) in [6.45, 7) is 2.65. The highest BCUT2D eigenvalue weighted by atomic mass is 16.2. The van der Waals surface area contributed by atoms with Gasteiger partial charge in [-0.15, -0.1) is 0 Å². The van der Waals surface area contributed by atoms with Gasteiger partial charge in [0.1, 0.15) is 18.2 Å². The normalized spacial score (nSPS) is 20.0. The minimum Gasteiger partial charge on any atom is -0.352 e. The van der Waals surface area contributed by atoms with Gasteiger partial charge in [0.15, 0.2) is 0 Å². The third-order valence-corrected chi connectivity index (χ3v) is 4.56. The first-order chi connectivity index (χ1) is 11.2. The molecule has 2 aromatic rings. The number of hydrogen-bond acceptors (Lipinski definition) is 4. The third-order valence-electron chi connectivity index (χ3n) is 4.56. The molecule has 118 valence electrons. The summed E-state index contributed by atoms with van der Waals surface area (Å²) in [6, 6.07) is 10.5. The van der Waals surface area contributed by atoms with E-state index in [9.17, 15) is 4.79 Å². The summed E-state index contributed by atoms with van der Waals surface area (Å²) < 4.78 is 0. The highest BCUT2D eigenvalue weighted by Crippen LogP contribution is 2.28. The Kier molecular flexibility index (Phi) is 3.48. The van der Waals surface area contributed by atoms with Gasteiger partial charge in [-0.2, -0.15) is 0 Å². The third kappa shape index (κ3) is 2.91. The minimum atomic E-state index is -0.209. The number of aromatic nitrogens is 2. The maximum absolute atomic E-state index is 12.7. The number of anilines is 1. The largest absolute Gasteiger partial charge is 0.352 e. The number of nitrogens with zero attached hydrogens (tertiary/aromatic N) is 3. The zero-order valence-corrected chi connectivity index (χ0v) is 13.2. The van der Waals surface area contributed by atoms with E-state index in [0.717, 1.165) is 30.8 Å². The van der Waals surface area contributed by atoms with Crippen LogP contribution in [-0.2, 0) is 17.8 Å². The monoisotopic (exact) mass is 308 g/mol. The predicted molar refractivity (Wildman–Crippen MR) is 88.1 cm³/mol. The Morgan fingerprint density at radius 1 is 1.22 bits per heavy atom. The Hall–Kier alpha value is -2.43. The van der Waals surface area contributed by atoms with Gasteiger partial charge in [0.05, 0.1) is 0 Å². The number of carbonyl (C=O) groups excluding carboxylic acids is 1. The molecule has 5 nitrogen and oxygen atoms in total. The molecular weight excluding hydrogens is 288 g/mol. The molecule has 0 radical (unpaired) electrons. The average molecular weight is 308 g/mol. The smallest absolute Gasteiger partial charge is 0.243 e. The van der Waals surface area contributed by atoms with Crippen molar-refractivity contribution in [2.24, 2.45) is 0 Å². The Bertz CT molecular complexity index is 741. The van der Waals surface area contributed by atoms with Crippen LogP contribution in [0.25, 0.3) is 0 Å².